The van der Waals surface area contributed by atoms with Crippen molar-refractivity contribution in [1.82, 2.24) is 15.2 Å². The number of aryl methyl sites for hydroxylation is 1. The standard InChI is InChI=1S/C20H27N3O2/c1-14-11-19(20(24)22-13-16-5-4-10-21-12-16)15(2)23(14)17-6-8-18(25-3)9-7-17/h6-9,11,16,21H,4-5,10,12-13H2,1-3H3,(H,22,24). The normalized spacial score (nSPS) is 17.3. The highest BCUT2D eigenvalue weighted by Gasteiger charge is 2.19. The van der Waals surface area contributed by atoms with Crippen LogP contribution in [0.15, 0.2) is 30.3 Å². The van der Waals surface area contributed by atoms with Crippen LogP contribution >= 0.6 is 0 Å². The average molecular weight is 341 g/mol. The third kappa shape index (κ3) is 3.87. The Morgan fingerprint density at radius 2 is 2.08 bits per heavy atom. The molecule has 0 spiro atoms. The highest BCUT2D eigenvalue weighted by molar-refractivity contribution is 5.95. The van der Waals surface area contributed by atoms with Gasteiger partial charge in [0.1, 0.15) is 5.75 Å². The molecule has 1 aromatic carbocycles. The number of hydrogen-bond donors (Lipinski definition) is 2. The Labute approximate surface area is 149 Å². The van der Waals surface area contributed by atoms with Gasteiger partial charge in [0, 0.05) is 23.6 Å². The Morgan fingerprint density at radius 1 is 1.32 bits per heavy atom. The Kier molecular flexibility index (Phi) is 5.43. The van der Waals surface area contributed by atoms with Gasteiger partial charge in [0.05, 0.1) is 12.7 Å². The first-order valence-electron chi connectivity index (χ1n) is 8.92. The summed E-state index contributed by atoms with van der Waals surface area (Å²) in [5.41, 5.74) is 3.79. The van der Waals surface area contributed by atoms with Gasteiger partial charge in [-0.05, 0) is 76.0 Å². The first-order chi connectivity index (χ1) is 12.1. The summed E-state index contributed by atoms with van der Waals surface area (Å²) >= 11 is 0. The van der Waals surface area contributed by atoms with Crippen LogP contribution in [0.2, 0.25) is 0 Å². The quantitative estimate of drug-likeness (QED) is 0.879. The van der Waals surface area contributed by atoms with Crippen molar-refractivity contribution in [2.45, 2.75) is 26.7 Å². The number of amides is 1. The van der Waals surface area contributed by atoms with E-state index in [1.807, 2.05) is 44.2 Å². The van der Waals surface area contributed by atoms with E-state index in [4.69, 9.17) is 4.74 Å². The number of hydrogen-bond acceptors (Lipinski definition) is 3. The van der Waals surface area contributed by atoms with E-state index in [0.29, 0.717) is 5.92 Å². The van der Waals surface area contributed by atoms with Gasteiger partial charge in [-0.25, -0.2) is 0 Å². The smallest absolute Gasteiger partial charge is 0.253 e. The maximum absolute atomic E-state index is 12.6. The molecule has 1 fully saturated rings. The molecular weight excluding hydrogens is 314 g/mol. The molecule has 0 aliphatic carbocycles. The van der Waals surface area contributed by atoms with E-state index in [1.165, 1.54) is 12.8 Å². The van der Waals surface area contributed by atoms with Crippen molar-refractivity contribution in [3.63, 3.8) is 0 Å². The largest absolute Gasteiger partial charge is 0.497 e. The van der Waals surface area contributed by atoms with Crippen molar-refractivity contribution in [2.24, 2.45) is 5.92 Å². The van der Waals surface area contributed by atoms with E-state index >= 15 is 0 Å². The number of benzene rings is 1. The first kappa shape index (κ1) is 17.5. The van der Waals surface area contributed by atoms with Crippen molar-refractivity contribution in [2.75, 3.05) is 26.7 Å². The number of nitrogens with zero attached hydrogens (tertiary/aromatic N) is 1. The summed E-state index contributed by atoms with van der Waals surface area (Å²) in [5, 5.41) is 6.50. The molecule has 3 rings (SSSR count). The molecule has 2 heterocycles. The molecule has 2 aromatic rings. The van der Waals surface area contributed by atoms with Crippen LogP contribution in [0.25, 0.3) is 5.69 Å². The fourth-order valence-corrected chi connectivity index (χ4v) is 3.55. The zero-order chi connectivity index (χ0) is 17.8. The lowest BCUT2D eigenvalue weighted by Crippen LogP contribution is -2.38. The van der Waals surface area contributed by atoms with Crippen molar-refractivity contribution in [1.29, 1.82) is 0 Å². The third-order valence-electron chi connectivity index (χ3n) is 4.96. The van der Waals surface area contributed by atoms with Crippen LogP contribution in [0.1, 0.15) is 34.6 Å². The van der Waals surface area contributed by atoms with Gasteiger partial charge in [0.25, 0.3) is 5.91 Å². The minimum Gasteiger partial charge on any atom is -0.497 e. The molecule has 0 saturated carbocycles. The topological polar surface area (TPSA) is 55.3 Å². The van der Waals surface area contributed by atoms with E-state index in [-0.39, 0.29) is 5.91 Å². The van der Waals surface area contributed by atoms with Crippen molar-refractivity contribution >= 4 is 5.91 Å². The van der Waals surface area contributed by atoms with Crippen molar-refractivity contribution in [3.8, 4) is 11.4 Å². The number of nitrogens with one attached hydrogen (secondary N) is 2. The Bertz CT molecular complexity index is 728. The summed E-state index contributed by atoms with van der Waals surface area (Å²) in [6.45, 7) is 6.84. The fourth-order valence-electron chi connectivity index (χ4n) is 3.55. The number of methoxy groups -OCH3 is 1. The van der Waals surface area contributed by atoms with E-state index in [0.717, 1.165) is 48.0 Å². The van der Waals surface area contributed by atoms with E-state index in [1.54, 1.807) is 7.11 Å². The zero-order valence-electron chi connectivity index (χ0n) is 15.3. The molecule has 0 radical (unpaired) electrons. The monoisotopic (exact) mass is 341 g/mol. The molecule has 0 bridgehead atoms. The van der Waals surface area contributed by atoms with Crippen LogP contribution in [0.5, 0.6) is 5.75 Å². The van der Waals surface area contributed by atoms with Crippen molar-refractivity contribution < 1.29 is 9.53 Å². The summed E-state index contributed by atoms with van der Waals surface area (Å²) in [5.74, 6) is 1.37. The Balaban J connectivity index is 1.74. The molecule has 1 saturated heterocycles. The van der Waals surface area contributed by atoms with Gasteiger partial charge in [0.2, 0.25) is 0 Å². The highest BCUT2D eigenvalue weighted by Crippen LogP contribution is 2.23. The minimum atomic E-state index is 0.0124. The molecule has 1 aliphatic rings. The minimum absolute atomic E-state index is 0.0124. The summed E-state index contributed by atoms with van der Waals surface area (Å²) < 4.78 is 7.33. The van der Waals surface area contributed by atoms with Crippen LogP contribution < -0.4 is 15.4 Å². The van der Waals surface area contributed by atoms with Crippen LogP contribution in [0.4, 0.5) is 0 Å². The summed E-state index contributed by atoms with van der Waals surface area (Å²) in [7, 11) is 1.66. The molecule has 5 nitrogen and oxygen atoms in total. The first-order valence-corrected chi connectivity index (χ1v) is 8.92. The molecule has 1 aromatic heterocycles. The Morgan fingerprint density at radius 3 is 2.72 bits per heavy atom. The van der Waals surface area contributed by atoms with Gasteiger partial charge < -0.3 is 19.9 Å². The fraction of sp³-hybridized carbons (Fsp3) is 0.450. The molecule has 1 unspecified atom stereocenters. The van der Waals surface area contributed by atoms with Gasteiger partial charge in [0.15, 0.2) is 0 Å². The second kappa shape index (κ2) is 7.74. The van der Waals surface area contributed by atoms with Crippen LogP contribution in [0, 0.1) is 19.8 Å². The summed E-state index contributed by atoms with van der Waals surface area (Å²) in [6, 6.07) is 9.85. The molecule has 134 valence electrons. The van der Waals surface area contributed by atoms with Crippen LogP contribution in [-0.4, -0.2) is 37.2 Å². The predicted octanol–water partition coefficient (Wildman–Crippen LogP) is 2.83. The molecule has 1 amide bonds. The van der Waals surface area contributed by atoms with Gasteiger partial charge in [-0.15, -0.1) is 0 Å². The number of carbonyl (C=O) groups is 1. The number of aromatic nitrogens is 1. The second-order valence-corrected chi connectivity index (χ2v) is 6.74. The van der Waals surface area contributed by atoms with E-state index in [9.17, 15) is 4.79 Å². The lowest BCUT2D eigenvalue weighted by Gasteiger charge is -2.22. The zero-order valence-corrected chi connectivity index (χ0v) is 15.3. The second-order valence-electron chi connectivity index (χ2n) is 6.74. The number of carbonyl (C=O) groups excluding carboxylic acids is 1. The van der Waals surface area contributed by atoms with Gasteiger partial charge in [-0.1, -0.05) is 0 Å². The van der Waals surface area contributed by atoms with Gasteiger partial charge in [-0.2, -0.15) is 0 Å². The predicted molar refractivity (Wildman–Crippen MR) is 99.7 cm³/mol. The Hall–Kier alpha value is -2.27. The molecular formula is C20H27N3O2. The van der Waals surface area contributed by atoms with Gasteiger partial charge in [-0.3, -0.25) is 4.79 Å². The maximum Gasteiger partial charge on any atom is 0.253 e. The molecule has 5 heteroatoms. The number of rotatable bonds is 5. The molecule has 25 heavy (non-hydrogen) atoms. The molecule has 1 atom stereocenters. The average Bonchev–Trinajstić information content (AvgIpc) is 2.95. The lowest BCUT2D eigenvalue weighted by atomic mass is 10.00. The summed E-state index contributed by atoms with van der Waals surface area (Å²) in [4.78, 5) is 12.6. The molecule has 1 aliphatic heterocycles. The summed E-state index contributed by atoms with van der Waals surface area (Å²) in [6.07, 6.45) is 2.37. The van der Waals surface area contributed by atoms with E-state index < -0.39 is 0 Å². The highest BCUT2D eigenvalue weighted by atomic mass is 16.5. The maximum atomic E-state index is 12.6. The number of ether oxygens (including phenoxy) is 1. The van der Waals surface area contributed by atoms with Crippen LogP contribution in [-0.2, 0) is 0 Å². The lowest BCUT2D eigenvalue weighted by molar-refractivity contribution is 0.0944. The van der Waals surface area contributed by atoms with Gasteiger partial charge >= 0.3 is 0 Å². The SMILES string of the molecule is COc1ccc(-n2c(C)cc(C(=O)NCC3CCCNC3)c2C)cc1. The third-order valence-corrected chi connectivity index (χ3v) is 4.96. The van der Waals surface area contributed by atoms with Crippen LogP contribution in [0.3, 0.4) is 0 Å². The van der Waals surface area contributed by atoms with E-state index in [2.05, 4.69) is 15.2 Å². The molecule has 2 N–H and O–H groups in total. The van der Waals surface area contributed by atoms with Crippen molar-refractivity contribution in [3.05, 3.63) is 47.3 Å². The number of piperidine rings is 1.